The van der Waals surface area contributed by atoms with Crippen molar-refractivity contribution in [1.82, 2.24) is 24.8 Å². The first-order valence-electron chi connectivity index (χ1n) is 5.88. The highest BCUT2D eigenvalue weighted by Gasteiger charge is 2.33. The lowest BCUT2D eigenvalue weighted by Gasteiger charge is -2.16. The maximum Gasteiger partial charge on any atom is 0.433 e. The Morgan fingerprint density at radius 1 is 1.19 bits per heavy atom. The van der Waals surface area contributed by atoms with Gasteiger partial charge in [-0.25, -0.2) is 14.6 Å². The molecule has 0 aromatic carbocycles. The highest BCUT2D eigenvalue weighted by Crippen LogP contribution is 2.30. The lowest BCUT2D eigenvalue weighted by molar-refractivity contribution is -0.141. The van der Waals surface area contributed by atoms with Gasteiger partial charge in [0, 0.05) is 11.6 Å². The van der Waals surface area contributed by atoms with E-state index in [0.717, 1.165) is 24.0 Å². The van der Waals surface area contributed by atoms with E-state index in [4.69, 9.17) is 5.84 Å². The Labute approximate surface area is 123 Å². The van der Waals surface area contributed by atoms with Gasteiger partial charge in [0.2, 0.25) is 5.16 Å². The van der Waals surface area contributed by atoms with Crippen LogP contribution in [0.15, 0.2) is 22.6 Å². The van der Waals surface area contributed by atoms with Crippen LogP contribution in [-0.4, -0.2) is 24.8 Å². The van der Waals surface area contributed by atoms with Crippen LogP contribution in [0.4, 0.5) is 13.2 Å². The van der Waals surface area contributed by atoms with E-state index in [-0.39, 0.29) is 15.7 Å². The number of halogens is 3. The topological polar surface area (TPSA) is 82.5 Å². The van der Waals surface area contributed by atoms with Gasteiger partial charge in [-0.15, -0.1) is 10.2 Å². The van der Waals surface area contributed by atoms with Gasteiger partial charge in [-0.3, -0.25) is 0 Å². The number of hydrogen-bond acceptors (Lipinski definition) is 6. The van der Waals surface area contributed by atoms with Crippen molar-refractivity contribution in [3.63, 3.8) is 0 Å². The number of alkyl halides is 3. The zero-order valence-corrected chi connectivity index (χ0v) is 12.3. The maximum absolute atomic E-state index is 12.6. The zero-order valence-electron chi connectivity index (χ0n) is 11.5. The molecule has 0 unspecified atom stereocenters. The minimum Gasteiger partial charge on any atom is -0.336 e. The zero-order chi connectivity index (χ0) is 15.8. The third-order valence-corrected chi connectivity index (χ3v) is 3.28. The molecular formula is C11H13F3N6S. The number of aromatic nitrogens is 5. The van der Waals surface area contributed by atoms with Crippen molar-refractivity contribution < 1.29 is 13.2 Å². The van der Waals surface area contributed by atoms with E-state index in [1.165, 1.54) is 4.68 Å². The van der Waals surface area contributed by atoms with Crippen molar-refractivity contribution in [2.24, 2.45) is 0 Å². The number of nitrogens with two attached hydrogens (primary N) is 1. The third kappa shape index (κ3) is 3.43. The number of hydrogen-bond donors (Lipinski definition) is 1. The van der Waals surface area contributed by atoms with Crippen molar-refractivity contribution in [3.05, 3.63) is 23.8 Å². The van der Waals surface area contributed by atoms with Gasteiger partial charge in [-0.05, 0) is 17.8 Å². The molecule has 0 bridgehead atoms. The van der Waals surface area contributed by atoms with Crippen molar-refractivity contribution in [1.29, 1.82) is 0 Å². The molecule has 0 spiro atoms. The van der Waals surface area contributed by atoms with Gasteiger partial charge in [-0.2, -0.15) is 13.2 Å². The predicted octanol–water partition coefficient (Wildman–Crippen LogP) is 2.25. The number of rotatable bonds is 2. The molecule has 0 saturated heterocycles. The molecule has 6 nitrogen and oxygen atoms in total. The van der Waals surface area contributed by atoms with Crippen molar-refractivity contribution in [2.45, 2.75) is 42.7 Å². The van der Waals surface area contributed by atoms with Crippen LogP contribution in [0.5, 0.6) is 0 Å². The first-order chi connectivity index (χ1) is 9.59. The minimum atomic E-state index is -4.52. The molecule has 0 atom stereocenters. The second-order valence-corrected chi connectivity index (χ2v) is 6.18. The fourth-order valence-electron chi connectivity index (χ4n) is 1.49. The van der Waals surface area contributed by atoms with Crippen LogP contribution in [0.25, 0.3) is 0 Å². The molecule has 10 heteroatoms. The summed E-state index contributed by atoms with van der Waals surface area (Å²) in [6, 6.07) is 0.803. The summed E-state index contributed by atoms with van der Waals surface area (Å²) in [6.45, 7) is 5.70. The molecule has 0 aliphatic heterocycles. The molecule has 2 rings (SSSR count). The van der Waals surface area contributed by atoms with Crippen molar-refractivity contribution >= 4 is 11.8 Å². The summed E-state index contributed by atoms with van der Waals surface area (Å²) in [5, 5.41) is 7.93. The first-order valence-corrected chi connectivity index (χ1v) is 6.70. The van der Waals surface area contributed by atoms with Gasteiger partial charge < -0.3 is 5.84 Å². The number of nitrogens with zero attached hydrogens (tertiary/aromatic N) is 5. The molecule has 21 heavy (non-hydrogen) atoms. The molecule has 0 aliphatic carbocycles. The molecule has 0 radical (unpaired) electrons. The molecule has 0 amide bonds. The summed E-state index contributed by atoms with van der Waals surface area (Å²) in [5.74, 6) is 6.37. The smallest absolute Gasteiger partial charge is 0.336 e. The normalized spacial score (nSPS) is 12.7. The minimum absolute atomic E-state index is 0.0932. The summed E-state index contributed by atoms with van der Waals surface area (Å²) in [5.41, 5.74) is -1.35. The molecule has 114 valence electrons. The van der Waals surface area contributed by atoms with E-state index in [9.17, 15) is 13.2 Å². The summed E-state index contributed by atoms with van der Waals surface area (Å²) in [4.78, 5) is 7.22. The van der Waals surface area contributed by atoms with E-state index >= 15 is 0 Å². The lowest BCUT2D eigenvalue weighted by atomic mass is 9.96. The van der Waals surface area contributed by atoms with E-state index in [0.29, 0.717) is 5.82 Å². The Balaban J connectivity index is 2.30. The fraction of sp³-hybridized carbons (Fsp3) is 0.455. The van der Waals surface area contributed by atoms with Crippen LogP contribution in [0, 0.1) is 0 Å². The van der Waals surface area contributed by atoms with Crippen LogP contribution < -0.4 is 5.84 Å². The maximum atomic E-state index is 12.6. The molecule has 2 N–H and O–H groups in total. The van der Waals surface area contributed by atoms with Gasteiger partial charge in [0.05, 0.1) is 0 Å². The molecule has 0 fully saturated rings. The van der Waals surface area contributed by atoms with Gasteiger partial charge >= 0.3 is 6.18 Å². The van der Waals surface area contributed by atoms with Crippen molar-refractivity contribution in [3.8, 4) is 0 Å². The monoisotopic (exact) mass is 318 g/mol. The van der Waals surface area contributed by atoms with Crippen LogP contribution in [0.1, 0.15) is 32.3 Å². The van der Waals surface area contributed by atoms with Gasteiger partial charge in [0.25, 0.3) is 0 Å². The Kier molecular flexibility index (Phi) is 3.83. The SMILES string of the molecule is CC(C)(C)c1nnc(Sc2nccc(C(F)(F)F)n2)n1N. The highest BCUT2D eigenvalue weighted by molar-refractivity contribution is 7.99. The van der Waals surface area contributed by atoms with Crippen molar-refractivity contribution in [2.75, 3.05) is 5.84 Å². The summed E-state index contributed by atoms with van der Waals surface area (Å²) < 4.78 is 39.0. The second kappa shape index (κ2) is 5.17. The van der Waals surface area contributed by atoms with E-state index < -0.39 is 11.9 Å². The Bertz CT molecular complexity index is 646. The fourth-order valence-corrected chi connectivity index (χ4v) is 2.17. The number of nitrogen functional groups attached to an aromatic ring is 1. The Morgan fingerprint density at radius 3 is 2.38 bits per heavy atom. The Morgan fingerprint density at radius 2 is 1.86 bits per heavy atom. The molecule has 2 aromatic heterocycles. The molecular weight excluding hydrogens is 305 g/mol. The molecule has 2 aromatic rings. The first kappa shape index (κ1) is 15.5. The second-order valence-electron chi connectivity index (χ2n) is 5.25. The molecule has 0 aliphatic rings. The largest absolute Gasteiger partial charge is 0.433 e. The molecule has 2 heterocycles. The standard InChI is InChI=1S/C11H13F3N6S/c1-10(2,3)7-18-19-9(20(7)15)21-8-16-5-4-6(17-8)11(12,13)14/h4-5H,15H2,1-3H3. The van der Waals surface area contributed by atoms with E-state index in [1.54, 1.807) is 0 Å². The van der Waals surface area contributed by atoms with Gasteiger partial charge in [-0.1, -0.05) is 20.8 Å². The highest BCUT2D eigenvalue weighted by atomic mass is 32.2. The third-order valence-electron chi connectivity index (χ3n) is 2.44. The quantitative estimate of drug-likeness (QED) is 0.675. The van der Waals surface area contributed by atoms with Crippen LogP contribution in [-0.2, 0) is 11.6 Å². The van der Waals surface area contributed by atoms with Crippen LogP contribution in [0.2, 0.25) is 0 Å². The van der Waals surface area contributed by atoms with Crippen LogP contribution >= 0.6 is 11.8 Å². The predicted molar refractivity (Wildman–Crippen MR) is 70.0 cm³/mol. The summed E-state index contributed by atoms with van der Waals surface area (Å²) in [6.07, 6.45) is -3.48. The average molecular weight is 318 g/mol. The summed E-state index contributed by atoms with van der Waals surface area (Å²) in [7, 11) is 0. The van der Waals surface area contributed by atoms with Gasteiger partial charge in [0.1, 0.15) is 5.69 Å². The summed E-state index contributed by atoms with van der Waals surface area (Å²) >= 11 is 0.824. The average Bonchev–Trinajstić information content (AvgIpc) is 2.70. The van der Waals surface area contributed by atoms with Gasteiger partial charge in [0.15, 0.2) is 11.0 Å². The van der Waals surface area contributed by atoms with E-state index in [1.807, 2.05) is 20.8 Å². The van der Waals surface area contributed by atoms with Crippen LogP contribution in [0.3, 0.4) is 0 Å². The van der Waals surface area contributed by atoms with E-state index in [2.05, 4.69) is 20.2 Å². The molecule has 0 saturated carbocycles. The Hall–Kier alpha value is -1.84. The lowest BCUT2D eigenvalue weighted by Crippen LogP contribution is -2.24.